The highest BCUT2D eigenvalue weighted by atomic mass is 35.5. The molecule has 0 amide bonds. The minimum absolute atomic E-state index is 0.0966. The van der Waals surface area contributed by atoms with Crippen molar-refractivity contribution < 1.29 is 4.39 Å². The second-order valence-electron chi connectivity index (χ2n) is 5.35. The predicted octanol–water partition coefficient (Wildman–Crippen LogP) is 1.46. The monoisotopic (exact) mass is 310 g/mol. The Bertz CT molecular complexity index is 617. The Morgan fingerprint density at radius 2 is 2.19 bits per heavy atom. The van der Waals surface area contributed by atoms with Gasteiger partial charge in [-0.3, -0.25) is 0 Å². The molecule has 2 atom stereocenters. The molecule has 3 heterocycles. The molecule has 0 N–H and O–H groups in total. The largest absolute Gasteiger partial charge is 0.350 e. The first-order chi connectivity index (χ1) is 10.1. The lowest BCUT2D eigenvalue weighted by atomic mass is 10.1. The summed E-state index contributed by atoms with van der Waals surface area (Å²) in [4.78, 5) is 8.16. The van der Waals surface area contributed by atoms with E-state index in [4.69, 9.17) is 11.6 Å². The van der Waals surface area contributed by atoms with Crippen molar-refractivity contribution in [1.82, 2.24) is 24.9 Å². The lowest BCUT2D eigenvalue weighted by Gasteiger charge is -2.24. The summed E-state index contributed by atoms with van der Waals surface area (Å²) in [7, 11) is 4.01. The van der Waals surface area contributed by atoms with Crippen LogP contribution in [0.2, 0.25) is 5.02 Å². The summed E-state index contributed by atoms with van der Waals surface area (Å²) in [5, 5.41) is 8.23. The zero-order valence-electron chi connectivity index (χ0n) is 11.8. The third kappa shape index (κ3) is 2.71. The molecule has 0 spiro atoms. The quantitative estimate of drug-likeness (QED) is 0.859. The number of likely N-dealkylation sites (N-methyl/N-ethyl adjacent to an activating group) is 1. The Morgan fingerprint density at radius 3 is 2.81 bits per heavy atom. The van der Waals surface area contributed by atoms with Crippen LogP contribution in [0.3, 0.4) is 0 Å². The zero-order chi connectivity index (χ0) is 15.0. The molecule has 0 unspecified atom stereocenters. The van der Waals surface area contributed by atoms with Crippen LogP contribution >= 0.6 is 11.6 Å². The summed E-state index contributed by atoms with van der Waals surface area (Å²) in [6.07, 6.45) is 4.94. The number of rotatable bonds is 3. The van der Waals surface area contributed by atoms with Gasteiger partial charge in [-0.2, -0.15) is 0 Å². The molecule has 1 saturated heterocycles. The Morgan fingerprint density at radius 1 is 1.38 bits per heavy atom. The van der Waals surface area contributed by atoms with E-state index in [1.54, 1.807) is 6.20 Å². The van der Waals surface area contributed by atoms with E-state index in [-0.39, 0.29) is 12.1 Å². The van der Waals surface area contributed by atoms with Gasteiger partial charge in [-0.25, -0.2) is 14.1 Å². The number of hydrogen-bond acceptors (Lipinski definition) is 5. The Labute approximate surface area is 127 Å². The van der Waals surface area contributed by atoms with Crippen LogP contribution in [0, 0.1) is 5.82 Å². The van der Waals surface area contributed by atoms with Crippen LogP contribution in [0.1, 0.15) is 6.04 Å². The normalized spacial score (nSPS) is 22.2. The van der Waals surface area contributed by atoms with Crippen molar-refractivity contribution in [3.63, 3.8) is 0 Å². The van der Waals surface area contributed by atoms with E-state index >= 15 is 0 Å². The summed E-state index contributed by atoms with van der Waals surface area (Å²) in [5.74, 6) is -0.0758. The summed E-state index contributed by atoms with van der Waals surface area (Å²) < 4.78 is 15.9. The standard InChI is InChI=1S/C13H16ClFN6/c1-19(2)11-7-20(8-12(11)21-4-3-17-18-21)13-10(15)5-9(14)6-16-13/h3-6,11-12H,7-8H2,1-2H3/t11-,12+/m1/s1. The molecule has 0 aliphatic carbocycles. The molecule has 3 rings (SSSR count). The minimum atomic E-state index is -0.403. The van der Waals surface area contributed by atoms with Crippen molar-refractivity contribution in [3.8, 4) is 0 Å². The van der Waals surface area contributed by atoms with Crippen molar-refractivity contribution in [2.24, 2.45) is 0 Å². The molecule has 1 aliphatic heterocycles. The highest BCUT2D eigenvalue weighted by Crippen LogP contribution is 2.30. The minimum Gasteiger partial charge on any atom is -0.350 e. The number of pyridine rings is 1. The fraction of sp³-hybridized carbons (Fsp3) is 0.462. The summed E-state index contributed by atoms with van der Waals surface area (Å²) in [6, 6.07) is 1.58. The van der Waals surface area contributed by atoms with Crippen LogP contribution in [0.25, 0.3) is 0 Å². The van der Waals surface area contributed by atoms with Gasteiger partial charge in [0.05, 0.1) is 23.3 Å². The molecule has 0 bridgehead atoms. The van der Waals surface area contributed by atoms with E-state index < -0.39 is 5.82 Å². The van der Waals surface area contributed by atoms with E-state index in [0.29, 0.717) is 23.9 Å². The number of nitrogens with zero attached hydrogens (tertiary/aromatic N) is 6. The van der Waals surface area contributed by atoms with Gasteiger partial charge in [-0.15, -0.1) is 5.10 Å². The second-order valence-corrected chi connectivity index (χ2v) is 5.78. The first kappa shape index (κ1) is 14.2. The van der Waals surface area contributed by atoms with Crippen LogP contribution in [0.4, 0.5) is 10.2 Å². The third-order valence-corrected chi connectivity index (χ3v) is 4.00. The van der Waals surface area contributed by atoms with Gasteiger partial charge in [0.15, 0.2) is 11.6 Å². The lowest BCUT2D eigenvalue weighted by molar-refractivity contribution is 0.243. The molecule has 2 aromatic heterocycles. The lowest BCUT2D eigenvalue weighted by Crippen LogP contribution is -2.36. The maximum absolute atomic E-state index is 14.1. The van der Waals surface area contributed by atoms with E-state index in [0.717, 1.165) is 0 Å². The Hall–Kier alpha value is -1.73. The van der Waals surface area contributed by atoms with Gasteiger partial charge in [0.25, 0.3) is 0 Å². The highest BCUT2D eigenvalue weighted by Gasteiger charge is 2.37. The van der Waals surface area contributed by atoms with Crippen molar-refractivity contribution >= 4 is 17.4 Å². The molecule has 2 aromatic rings. The second kappa shape index (κ2) is 5.57. The number of aromatic nitrogens is 4. The number of anilines is 1. The fourth-order valence-electron chi connectivity index (χ4n) is 2.74. The first-order valence-corrected chi connectivity index (χ1v) is 7.02. The molecule has 1 fully saturated rings. The van der Waals surface area contributed by atoms with Gasteiger partial charge in [0.1, 0.15) is 0 Å². The van der Waals surface area contributed by atoms with Gasteiger partial charge in [0, 0.05) is 25.5 Å². The molecule has 8 heteroatoms. The SMILES string of the molecule is CN(C)[C@@H]1CN(c2ncc(Cl)cc2F)C[C@@H]1n1ccnn1. The van der Waals surface area contributed by atoms with Crippen molar-refractivity contribution in [3.05, 3.63) is 35.5 Å². The molecular formula is C13H16ClFN6. The summed E-state index contributed by atoms with van der Waals surface area (Å²) >= 11 is 5.76. The van der Waals surface area contributed by atoms with Crippen molar-refractivity contribution in [1.29, 1.82) is 0 Å². The van der Waals surface area contributed by atoms with Gasteiger partial charge >= 0.3 is 0 Å². The molecule has 6 nitrogen and oxygen atoms in total. The smallest absolute Gasteiger partial charge is 0.167 e. The third-order valence-electron chi connectivity index (χ3n) is 3.79. The van der Waals surface area contributed by atoms with Crippen molar-refractivity contribution in [2.75, 3.05) is 32.1 Å². The van der Waals surface area contributed by atoms with Crippen LogP contribution in [-0.4, -0.2) is 58.1 Å². The average Bonchev–Trinajstić information content (AvgIpc) is 3.07. The average molecular weight is 311 g/mol. The molecule has 0 radical (unpaired) electrons. The van der Waals surface area contributed by atoms with Crippen LogP contribution in [0.5, 0.6) is 0 Å². The van der Waals surface area contributed by atoms with Gasteiger partial charge in [-0.1, -0.05) is 16.8 Å². The molecule has 21 heavy (non-hydrogen) atoms. The topological polar surface area (TPSA) is 50.1 Å². The summed E-state index contributed by atoms with van der Waals surface area (Å²) in [6.45, 7) is 1.29. The molecule has 0 saturated carbocycles. The maximum atomic E-state index is 14.1. The van der Waals surface area contributed by atoms with E-state index in [1.807, 2.05) is 29.9 Å². The number of hydrogen-bond donors (Lipinski definition) is 0. The molecule has 1 aliphatic rings. The highest BCUT2D eigenvalue weighted by molar-refractivity contribution is 6.30. The fourth-order valence-corrected chi connectivity index (χ4v) is 2.89. The summed E-state index contributed by atoms with van der Waals surface area (Å²) in [5.41, 5.74) is 0. The predicted molar refractivity (Wildman–Crippen MR) is 78.0 cm³/mol. The molecule has 112 valence electrons. The zero-order valence-corrected chi connectivity index (χ0v) is 12.6. The molecule has 0 aromatic carbocycles. The Kier molecular flexibility index (Phi) is 3.77. The molecular weight excluding hydrogens is 295 g/mol. The van der Waals surface area contributed by atoms with Crippen LogP contribution in [-0.2, 0) is 0 Å². The Balaban J connectivity index is 1.89. The van der Waals surface area contributed by atoms with E-state index in [9.17, 15) is 4.39 Å². The van der Waals surface area contributed by atoms with Crippen LogP contribution in [0.15, 0.2) is 24.7 Å². The van der Waals surface area contributed by atoms with Gasteiger partial charge < -0.3 is 9.80 Å². The van der Waals surface area contributed by atoms with Crippen LogP contribution < -0.4 is 4.90 Å². The van der Waals surface area contributed by atoms with Gasteiger partial charge in [0.2, 0.25) is 0 Å². The van der Waals surface area contributed by atoms with Crippen molar-refractivity contribution in [2.45, 2.75) is 12.1 Å². The first-order valence-electron chi connectivity index (χ1n) is 6.64. The van der Waals surface area contributed by atoms with E-state index in [1.165, 1.54) is 12.3 Å². The van der Waals surface area contributed by atoms with E-state index in [2.05, 4.69) is 20.2 Å². The number of halogens is 2. The maximum Gasteiger partial charge on any atom is 0.167 e. The van der Waals surface area contributed by atoms with Gasteiger partial charge in [-0.05, 0) is 20.2 Å².